The Morgan fingerprint density at radius 3 is 1.86 bits per heavy atom. The molecule has 0 radical (unpaired) electrons. The lowest BCUT2D eigenvalue weighted by Crippen LogP contribution is -2.39. The van der Waals surface area contributed by atoms with Crippen LogP contribution in [-0.2, 0) is 15.1 Å². The van der Waals surface area contributed by atoms with Crippen LogP contribution >= 0.6 is 0 Å². The van der Waals surface area contributed by atoms with Crippen molar-refractivity contribution in [2.75, 3.05) is 6.61 Å². The van der Waals surface area contributed by atoms with Gasteiger partial charge in [-0.25, -0.2) is 4.79 Å². The Balaban J connectivity index is 1.53. The maximum atomic E-state index is 12.3. The molecule has 0 amide bonds. The van der Waals surface area contributed by atoms with Crippen LogP contribution in [0.5, 0.6) is 0 Å². The average molecular weight is 479 g/mol. The van der Waals surface area contributed by atoms with Gasteiger partial charge in [0.15, 0.2) is 6.23 Å². The number of aromatic nitrogens is 2. The quantitative estimate of drug-likeness (QED) is 0.396. The summed E-state index contributed by atoms with van der Waals surface area (Å²) in [4.78, 5) is 26.1. The maximum Gasteiger partial charge on any atom is 0.330 e. The maximum absolute atomic E-state index is 12.3. The molecule has 0 saturated carbocycles. The van der Waals surface area contributed by atoms with Crippen molar-refractivity contribution in [1.82, 2.24) is 9.55 Å². The van der Waals surface area contributed by atoms with Gasteiger partial charge in [0.2, 0.25) is 0 Å². The summed E-state index contributed by atoms with van der Waals surface area (Å²) in [5.41, 5.74) is 1.76. The number of H-pyrrole nitrogens is 1. The molecule has 1 N–H and O–H groups in total. The van der Waals surface area contributed by atoms with E-state index in [1.54, 1.807) is 6.08 Å². The highest BCUT2D eigenvalue weighted by Gasteiger charge is 2.39. The molecule has 6 heteroatoms. The fraction of sp³-hybridized carbons (Fsp3) is 0.133. The third kappa shape index (κ3) is 4.52. The van der Waals surface area contributed by atoms with E-state index in [0.717, 1.165) is 22.3 Å². The van der Waals surface area contributed by atoms with E-state index >= 15 is 0 Å². The average Bonchev–Trinajstić information content (AvgIpc) is 2.92. The number of ether oxygens (including phenoxy) is 2. The summed E-state index contributed by atoms with van der Waals surface area (Å²) in [7, 11) is 0. The molecule has 0 unspecified atom stereocenters. The van der Waals surface area contributed by atoms with E-state index < -0.39 is 29.2 Å². The second-order valence-corrected chi connectivity index (χ2v) is 8.56. The number of aromatic amines is 1. The Hall–Kier alpha value is -4.26. The van der Waals surface area contributed by atoms with Crippen LogP contribution in [0.3, 0.4) is 0 Å². The van der Waals surface area contributed by atoms with Crippen LogP contribution in [0.4, 0.5) is 0 Å². The van der Waals surface area contributed by atoms with Gasteiger partial charge in [0.05, 0.1) is 6.61 Å². The first kappa shape index (κ1) is 23.5. The van der Waals surface area contributed by atoms with Gasteiger partial charge in [0.25, 0.3) is 5.56 Å². The Morgan fingerprint density at radius 2 is 1.36 bits per heavy atom. The first-order valence-electron chi connectivity index (χ1n) is 11.7. The molecule has 5 rings (SSSR count). The highest BCUT2D eigenvalue weighted by Crippen LogP contribution is 2.41. The minimum atomic E-state index is -0.904. The number of nitrogens with one attached hydrogen (secondary N) is 1. The Labute approximate surface area is 208 Å². The van der Waals surface area contributed by atoms with E-state index in [9.17, 15) is 9.59 Å². The van der Waals surface area contributed by atoms with Gasteiger partial charge in [0, 0.05) is 12.3 Å². The van der Waals surface area contributed by atoms with Crippen molar-refractivity contribution in [2.24, 2.45) is 0 Å². The summed E-state index contributed by atoms with van der Waals surface area (Å²) in [6.45, 7) is 4.32. The number of rotatable bonds is 7. The summed E-state index contributed by atoms with van der Waals surface area (Å²) in [6.07, 6.45) is 3.76. The normalized spacial score (nSPS) is 17.7. The molecule has 1 aliphatic heterocycles. The fourth-order valence-electron chi connectivity index (χ4n) is 4.52. The van der Waals surface area contributed by atoms with E-state index in [2.05, 4.69) is 48.0 Å². The first-order chi connectivity index (χ1) is 17.6. The van der Waals surface area contributed by atoms with Crippen LogP contribution in [0.25, 0.3) is 0 Å². The summed E-state index contributed by atoms with van der Waals surface area (Å²) >= 11 is 0. The van der Waals surface area contributed by atoms with E-state index in [1.165, 1.54) is 16.8 Å². The van der Waals surface area contributed by atoms with Crippen LogP contribution in [0.1, 0.15) is 22.9 Å². The van der Waals surface area contributed by atoms with Crippen LogP contribution in [0.2, 0.25) is 0 Å². The molecule has 180 valence electrons. The van der Waals surface area contributed by atoms with Crippen LogP contribution in [-0.4, -0.2) is 22.3 Å². The smallest absolute Gasteiger partial charge is 0.330 e. The van der Waals surface area contributed by atoms with Crippen molar-refractivity contribution in [1.29, 1.82) is 0 Å². The topological polar surface area (TPSA) is 73.3 Å². The minimum absolute atomic E-state index is 0.177. The highest BCUT2D eigenvalue weighted by atomic mass is 16.6. The van der Waals surface area contributed by atoms with Crippen molar-refractivity contribution in [2.45, 2.75) is 17.9 Å². The standard InChI is InChI=1S/C30H26N2O4/c1-22-17-18-28(32-20-19-27(33)31-29(32)34)36-26(22)21-35-30(23-11-5-2-6-12-23,24-13-7-3-8-14-24)25-15-9-4-10-16-25/h2-20,26,28H,1,21H2,(H,31,33,34)/t26-,28+/m1/s1. The van der Waals surface area contributed by atoms with Gasteiger partial charge >= 0.3 is 5.69 Å². The van der Waals surface area contributed by atoms with Crippen molar-refractivity contribution in [3.63, 3.8) is 0 Å². The van der Waals surface area contributed by atoms with Crippen molar-refractivity contribution in [3.8, 4) is 0 Å². The minimum Gasteiger partial charge on any atom is -0.358 e. The lowest BCUT2D eigenvalue weighted by molar-refractivity contribution is -0.0856. The van der Waals surface area contributed by atoms with Crippen LogP contribution in [0, 0.1) is 0 Å². The third-order valence-electron chi connectivity index (χ3n) is 6.31. The molecular formula is C30H26N2O4. The van der Waals surface area contributed by atoms with Crippen molar-refractivity contribution >= 4 is 0 Å². The zero-order valence-corrected chi connectivity index (χ0v) is 19.6. The van der Waals surface area contributed by atoms with Gasteiger partial charge in [-0.1, -0.05) is 104 Å². The van der Waals surface area contributed by atoms with E-state index in [0.29, 0.717) is 0 Å². The molecule has 2 atom stereocenters. The lowest BCUT2D eigenvalue weighted by atomic mass is 9.80. The van der Waals surface area contributed by atoms with E-state index in [1.807, 2.05) is 60.7 Å². The molecule has 3 aromatic carbocycles. The molecule has 1 aliphatic rings. The first-order valence-corrected chi connectivity index (χ1v) is 11.7. The molecule has 0 saturated heterocycles. The van der Waals surface area contributed by atoms with E-state index in [-0.39, 0.29) is 6.61 Å². The largest absolute Gasteiger partial charge is 0.358 e. The van der Waals surface area contributed by atoms with Gasteiger partial charge in [-0.15, -0.1) is 0 Å². The molecule has 0 aliphatic carbocycles. The molecule has 6 nitrogen and oxygen atoms in total. The predicted octanol–water partition coefficient (Wildman–Crippen LogP) is 4.56. The second kappa shape index (κ2) is 10.2. The summed E-state index contributed by atoms with van der Waals surface area (Å²) in [6, 6.07) is 31.5. The van der Waals surface area contributed by atoms with Crippen LogP contribution < -0.4 is 11.2 Å². The molecule has 0 bridgehead atoms. The zero-order chi connectivity index (χ0) is 25.0. The molecule has 2 heterocycles. The molecule has 1 aromatic heterocycles. The van der Waals surface area contributed by atoms with Crippen molar-refractivity contribution in [3.05, 3.63) is 165 Å². The summed E-state index contributed by atoms with van der Waals surface area (Å²) < 4.78 is 14.4. The van der Waals surface area contributed by atoms with Crippen LogP contribution in [0.15, 0.2) is 137 Å². The monoisotopic (exact) mass is 478 g/mol. The number of hydrogen-bond acceptors (Lipinski definition) is 4. The van der Waals surface area contributed by atoms with Gasteiger partial charge in [-0.2, -0.15) is 0 Å². The Kier molecular flexibility index (Phi) is 6.62. The van der Waals surface area contributed by atoms with Gasteiger partial charge in [0.1, 0.15) is 11.7 Å². The van der Waals surface area contributed by atoms with Gasteiger partial charge in [-0.3, -0.25) is 14.3 Å². The lowest BCUT2D eigenvalue weighted by Gasteiger charge is -2.38. The molecule has 36 heavy (non-hydrogen) atoms. The highest BCUT2D eigenvalue weighted by molar-refractivity contribution is 5.47. The zero-order valence-electron chi connectivity index (χ0n) is 19.6. The van der Waals surface area contributed by atoms with Gasteiger partial charge in [-0.05, 0) is 28.3 Å². The van der Waals surface area contributed by atoms with Crippen molar-refractivity contribution < 1.29 is 9.47 Å². The summed E-state index contributed by atoms with van der Waals surface area (Å²) in [5.74, 6) is 0. The molecule has 0 fully saturated rings. The molecular weight excluding hydrogens is 452 g/mol. The molecule has 4 aromatic rings. The Bertz CT molecular complexity index is 1380. The second-order valence-electron chi connectivity index (χ2n) is 8.56. The predicted molar refractivity (Wildman–Crippen MR) is 139 cm³/mol. The number of benzene rings is 3. The number of hydrogen-bond donors (Lipinski definition) is 1. The fourth-order valence-corrected chi connectivity index (χ4v) is 4.52. The third-order valence-corrected chi connectivity index (χ3v) is 6.31. The van der Waals surface area contributed by atoms with Gasteiger partial charge < -0.3 is 9.47 Å². The van der Waals surface area contributed by atoms with E-state index in [4.69, 9.17) is 9.47 Å². The number of nitrogens with zero attached hydrogens (tertiary/aromatic N) is 1. The Morgan fingerprint density at radius 1 is 0.833 bits per heavy atom. The summed E-state index contributed by atoms with van der Waals surface area (Å²) in [5, 5.41) is 0. The molecule has 0 spiro atoms. The SMILES string of the molecule is C=C1C=C[C@@H](n2ccc(=O)[nH]c2=O)O[C@@H]1COC(c1ccccc1)(c1ccccc1)c1ccccc1.